The largest absolute Gasteiger partial charge is 0.493 e. The topological polar surface area (TPSA) is 94.0 Å². The SMILES string of the molecule is COc1ccc(CCNC(=O)C(=O)N/N=C\c2cc(C)n(-c3ccc(C)cc3C)c2C)cc1OC. The molecule has 2 aromatic carbocycles. The van der Waals surface area contributed by atoms with Crippen molar-refractivity contribution in [1.29, 1.82) is 0 Å². The zero-order chi connectivity index (χ0) is 25.5. The van der Waals surface area contributed by atoms with Crippen LogP contribution in [0, 0.1) is 27.7 Å². The van der Waals surface area contributed by atoms with Gasteiger partial charge in [-0.2, -0.15) is 5.10 Å². The molecule has 3 aromatic rings. The summed E-state index contributed by atoms with van der Waals surface area (Å²) in [5.74, 6) is -0.326. The summed E-state index contributed by atoms with van der Waals surface area (Å²) in [5.41, 5.74) is 9.63. The van der Waals surface area contributed by atoms with Crippen LogP contribution in [0.25, 0.3) is 5.69 Å². The van der Waals surface area contributed by atoms with Gasteiger partial charge in [-0.05, 0) is 69.5 Å². The highest BCUT2D eigenvalue weighted by atomic mass is 16.5. The Bertz CT molecular complexity index is 1260. The fourth-order valence-electron chi connectivity index (χ4n) is 3.99. The van der Waals surface area contributed by atoms with E-state index in [-0.39, 0.29) is 0 Å². The van der Waals surface area contributed by atoms with E-state index in [0.29, 0.717) is 24.5 Å². The number of aryl methyl sites for hydroxylation is 3. The molecule has 35 heavy (non-hydrogen) atoms. The smallest absolute Gasteiger partial charge is 0.329 e. The number of hydrogen-bond donors (Lipinski definition) is 2. The minimum Gasteiger partial charge on any atom is -0.493 e. The Morgan fingerprint density at radius 3 is 2.37 bits per heavy atom. The van der Waals surface area contributed by atoms with Gasteiger partial charge in [0.1, 0.15) is 0 Å². The summed E-state index contributed by atoms with van der Waals surface area (Å²) < 4.78 is 12.7. The third-order valence-electron chi connectivity index (χ3n) is 5.79. The first kappa shape index (κ1) is 25.6. The van der Waals surface area contributed by atoms with E-state index in [1.54, 1.807) is 26.5 Å². The standard InChI is InChI=1S/C27H32N4O4/c1-17-7-9-23(18(2)13-17)31-19(3)14-22(20(31)4)16-29-30-27(33)26(32)28-12-11-21-8-10-24(34-5)25(15-21)35-6/h7-10,13-16H,11-12H2,1-6H3,(H,28,32)(H,30,33)/b29-16-. The second-order valence-corrected chi connectivity index (χ2v) is 8.35. The second-order valence-electron chi connectivity index (χ2n) is 8.35. The summed E-state index contributed by atoms with van der Waals surface area (Å²) in [6.07, 6.45) is 2.09. The average Bonchev–Trinajstić information content (AvgIpc) is 3.11. The first-order valence-electron chi connectivity index (χ1n) is 11.3. The maximum absolute atomic E-state index is 12.1. The van der Waals surface area contributed by atoms with Gasteiger partial charge in [-0.25, -0.2) is 5.43 Å². The molecule has 0 saturated heterocycles. The Hall–Kier alpha value is -4.07. The summed E-state index contributed by atoms with van der Waals surface area (Å²) in [7, 11) is 3.14. The van der Waals surface area contributed by atoms with Crippen LogP contribution in [0.3, 0.4) is 0 Å². The highest BCUT2D eigenvalue weighted by molar-refractivity contribution is 6.35. The third kappa shape index (κ3) is 6.09. The molecule has 1 aromatic heterocycles. The fourth-order valence-corrected chi connectivity index (χ4v) is 3.99. The number of hydrogen-bond acceptors (Lipinski definition) is 5. The van der Waals surface area contributed by atoms with Gasteiger partial charge < -0.3 is 19.4 Å². The van der Waals surface area contributed by atoms with Crippen LogP contribution in [-0.2, 0) is 16.0 Å². The van der Waals surface area contributed by atoms with Gasteiger partial charge in [-0.15, -0.1) is 0 Å². The lowest BCUT2D eigenvalue weighted by atomic mass is 10.1. The molecule has 0 bridgehead atoms. The number of nitrogens with one attached hydrogen (secondary N) is 2. The zero-order valence-electron chi connectivity index (χ0n) is 21.1. The zero-order valence-corrected chi connectivity index (χ0v) is 21.1. The van der Waals surface area contributed by atoms with Crippen molar-refractivity contribution in [2.24, 2.45) is 5.10 Å². The third-order valence-corrected chi connectivity index (χ3v) is 5.79. The first-order valence-corrected chi connectivity index (χ1v) is 11.3. The quantitative estimate of drug-likeness (QED) is 0.295. The Kier molecular flexibility index (Phi) is 8.30. The number of amides is 2. The second kappa shape index (κ2) is 11.4. The molecular weight excluding hydrogens is 444 g/mol. The molecule has 0 atom stereocenters. The average molecular weight is 477 g/mol. The van der Waals surface area contributed by atoms with E-state index in [9.17, 15) is 9.59 Å². The predicted octanol–water partition coefficient (Wildman–Crippen LogP) is 3.54. The molecule has 0 aliphatic rings. The normalized spacial score (nSPS) is 10.9. The minimum atomic E-state index is -0.822. The van der Waals surface area contributed by atoms with Crippen LogP contribution in [-0.4, -0.2) is 43.4 Å². The molecule has 0 saturated carbocycles. The molecule has 0 radical (unpaired) electrons. The highest BCUT2D eigenvalue weighted by Gasteiger charge is 2.14. The summed E-state index contributed by atoms with van der Waals surface area (Å²) in [5, 5.41) is 6.59. The molecule has 8 nitrogen and oxygen atoms in total. The van der Waals surface area contributed by atoms with E-state index in [4.69, 9.17) is 9.47 Å². The van der Waals surface area contributed by atoms with Crippen LogP contribution in [0.4, 0.5) is 0 Å². The Labute approximate surface area is 205 Å². The van der Waals surface area contributed by atoms with Crippen LogP contribution in [0.15, 0.2) is 47.6 Å². The van der Waals surface area contributed by atoms with Gasteiger partial charge >= 0.3 is 11.8 Å². The van der Waals surface area contributed by atoms with Gasteiger partial charge in [0, 0.05) is 29.2 Å². The van der Waals surface area contributed by atoms with Crippen LogP contribution in [0.2, 0.25) is 0 Å². The molecule has 2 N–H and O–H groups in total. The maximum atomic E-state index is 12.1. The number of benzene rings is 2. The molecule has 0 aliphatic heterocycles. The molecule has 2 amide bonds. The predicted molar refractivity (Wildman–Crippen MR) is 137 cm³/mol. The van der Waals surface area contributed by atoms with Gasteiger partial charge in [0.25, 0.3) is 0 Å². The van der Waals surface area contributed by atoms with Crippen molar-refractivity contribution in [2.75, 3.05) is 20.8 Å². The van der Waals surface area contributed by atoms with Crippen molar-refractivity contribution in [2.45, 2.75) is 34.1 Å². The van der Waals surface area contributed by atoms with E-state index in [0.717, 1.165) is 28.2 Å². The van der Waals surface area contributed by atoms with E-state index in [1.807, 2.05) is 32.0 Å². The molecular formula is C27H32N4O4. The molecule has 0 unspecified atom stereocenters. The number of aromatic nitrogens is 1. The number of carbonyl (C=O) groups is 2. The number of ether oxygens (including phenoxy) is 2. The van der Waals surface area contributed by atoms with Gasteiger partial charge in [0.05, 0.1) is 20.4 Å². The molecule has 1 heterocycles. The van der Waals surface area contributed by atoms with Crippen LogP contribution < -0.4 is 20.2 Å². The molecule has 0 spiro atoms. The summed E-state index contributed by atoms with van der Waals surface area (Å²) in [4.78, 5) is 24.3. The van der Waals surface area contributed by atoms with Crippen molar-refractivity contribution >= 4 is 18.0 Å². The van der Waals surface area contributed by atoms with E-state index < -0.39 is 11.8 Å². The van der Waals surface area contributed by atoms with Gasteiger partial charge in [-0.1, -0.05) is 23.8 Å². The van der Waals surface area contributed by atoms with Gasteiger partial charge in [0.2, 0.25) is 0 Å². The lowest BCUT2D eigenvalue weighted by molar-refractivity contribution is -0.139. The van der Waals surface area contributed by atoms with Crippen molar-refractivity contribution < 1.29 is 19.1 Å². The lowest BCUT2D eigenvalue weighted by Crippen LogP contribution is -2.38. The first-order chi connectivity index (χ1) is 16.7. The van der Waals surface area contributed by atoms with Crippen molar-refractivity contribution in [3.63, 3.8) is 0 Å². The summed E-state index contributed by atoms with van der Waals surface area (Å²) >= 11 is 0. The van der Waals surface area contributed by atoms with Crippen LogP contribution in [0.5, 0.6) is 11.5 Å². The lowest BCUT2D eigenvalue weighted by Gasteiger charge is -2.13. The highest BCUT2D eigenvalue weighted by Crippen LogP contribution is 2.27. The number of hydrazone groups is 1. The van der Waals surface area contributed by atoms with E-state index in [2.05, 4.69) is 52.5 Å². The number of methoxy groups -OCH3 is 2. The Morgan fingerprint density at radius 2 is 1.69 bits per heavy atom. The molecule has 0 fully saturated rings. The number of rotatable bonds is 8. The van der Waals surface area contributed by atoms with Gasteiger partial charge in [-0.3, -0.25) is 9.59 Å². The minimum absolute atomic E-state index is 0.294. The monoisotopic (exact) mass is 476 g/mol. The van der Waals surface area contributed by atoms with E-state index in [1.165, 1.54) is 11.1 Å². The Balaban J connectivity index is 1.56. The van der Waals surface area contributed by atoms with Crippen LogP contribution in [0.1, 0.15) is 33.6 Å². The molecule has 3 rings (SSSR count). The van der Waals surface area contributed by atoms with E-state index >= 15 is 0 Å². The van der Waals surface area contributed by atoms with Gasteiger partial charge in [0.15, 0.2) is 11.5 Å². The maximum Gasteiger partial charge on any atom is 0.329 e. The Morgan fingerprint density at radius 1 is 0.943 bits per heavy atom. The van der Waals surface area contributed by atoms with Crippen molar-refractivity contribution in [3.8, 4) is 17.2 Å². The van der Waals surface area contributed by atoms with Crippen molar-refractivity contribution in [1.82, 2.24) is 15.3 Å². The number of carbonyl (C=O) groups excluding carboxylic acids is 2. The number of nitrogens with zero attached hydrogens (tertiary/aromatic N) is 2. The molecule has 8 heteroatoms. The summed E-state index contributed by atoms with van der Waals surface area (Å²) in [6.45, 7) is 8.46. The summed E-state index contributed by atoms with van der Waals surface area (Å²) in [6, 6.07) is 13.8. The molecule has 184 valence electrons. The fraction of sp³-hybridized carbons (Fsp3) is 0.296. The van der Waals surface area contributed by atoms with Crippen LogP contribution >= 0.6 is 0 Å². The molecule has 0 aliphatic carbocycles. The van der Waals surface area contributed by atoms with Crippen molar-refractivity contribution in [3.05, 3.63) is 76.1 Å².